The van der Waals surface area contributed by atoms with E-state index >= 15 is 0 Å². The van der Waals surface area contributed by atoms with Gasteiger partial charge < -0.3 is 20.5 Å². The molecule has 2 atom stereocenters. The molecule has 78 valence electrons. The van der Waals surface area contributed by atoms with E-state index in [2.05, 4.69) is 10.5 Å². The second-order valence-corrected chi connectivity index (χ2v) is 3.38. The summed E-state index contributed by atoms with van der Waals surface area (Å²) in [4.78, 5) is 3.43. The molecule has 6 heteroatoms. The van der Waals surface area contributed by atoms with Crippen LogP contribution < -0.4 is 10.3 Å². The highest BCUT2D eigenvalue weighted by Crippen LogP contribution is 2.17. The summed E-state index contributed by atoms with van der Waals surface area (Å²) in [6.07, 6.45) is 0.441. The number of β-amino-alcohol motifs (C(OH)–C–C–N with tert-alkyl or cyclic N) is 2. The fourth-order valence-corrected chi connectivity index (χ4v) is 1.56. The third kappa shape index (κ3) is 1.53. The van der Waals surface area contributed by atoms with Gasteiger partial charge in [0, 0.05) is 26.2 Å². The third-order valence-electron chi connectivity index (χ3n) is 2.39. The Kier molecular flexibility index (Phi) is 2.30. The topological polar surface area (TPSA) is 73.6 Å². The van der Waals surface area contributed by atoms with Gasteiger partial charge in [-0.25, -0.2) is 0 Å². The van der Waals surface area contributed by atoms with E-state index in [9.17, 15) is 10.2 Å². The molecule has 1 aromatic heterocycles. The van der Waals surface area contributed by atoms with Crippen LogP contribution in [0.4, 0.5) is 5.82 Å². The highest BCUT2D eigenvalue weighted by Gasteiger charge is 2.30. The molecule has 0 spiro atoms. The molecule has 1 aliphatic heterocycles. The van der Waals surface area contributed by atoms with Crippen LogP contribution in [0.2, 0.25) is 0 Å². The van der Waals surface area contributed by atoms with Gasteiger partial charge in [-0.2, -0.15) is 4.79 Å². The van der Waals surface area contributed by atoms with E-state index in [1.165, 1.54) is 0 Å². The van der Waals surface area contributed by atoms with Gasteiger partial charge in [-0.1, -0.05) is 0 Å². The fourth-order valence-electron chi connectivity index (χ4n) is 1.56. The van der Waals surface area contributed by atoms with E-state index < -0.39 is 12.2 Å². The van der Waals surface area contributed by atoms with Crippen molar-refractivity contribution in [2.45, 2.75) is 12.2 Å². The van der Waals surface area contributed by atoms with Crippen molar-refractivity contribution in [1.82, 2.24) is 9.89 Å². The predicted molar refractivity (Wildman–Crippen MR) is 51.7 cm³/mol. The molecule has 0 amide bonds. The summed E-state index contributed by atoms with van der Waals surface area (Å²) in [6, 6.07) is 1.83. The van der Waals surface area contributed by atoms with Crippen molar-refractivity contribution >= 4 is 5.82 Å². The van der Waals surface area contributed by atoms with Gasteiger partial charge in [0.2, 0.25) is 0 Å². The minimum absolute atomic E-state index is 0.432. The number of rotatable bonds is 2. The number of anilines is 1. The van der Waals surface area contributed by atoms with Gasteiger partial charge in [-0.3, -0.25) is 0 Å². The number of nitrogens with zero attached hydrogens (tertiary/aromatic N) is 3. The average molecular weight is 198 g/mol. The van der Waals surface area contributed by atoms with Gasteiger partial charge in [-0.05, 0) is 0 Å². The molecule has 2 heterocycles. The van der Waals surface area contributed by atoms with E-state index in [0.717, 1.165) is 5.82 Å². The van der Waals surface area contributed by atoms with Crippen molar-refractivity contribution in [3.63, 3.8) is 0 Å². The maximum absolute atomic E-state index is 9.35. The lowest BCUT2D eigenvalue weighted by atomic mass is 10.3. The zero-order valence-corrected chi connectivity index (χ0v) is 7.96. The lowest BCUT2D eigenvalue weighted by molar-refractivity contribution is 0.0572. The van der Waals surface area contributed by atoms with Crippen LogP contribution in [0.15, 0.2) is 12.3 Å². The Morgan fingerprint density at radius 1 is 1.43 bits per heavy atom. The highest BCUT2D eigenvalue weighted by molar-refractivity contribution is 5.39. The average Bonchev–Trinajstić information content (AvgIpc) is 2.74. The highest BCUT2D eigenvalue weighted by atomic mass is 16.3. The molecule has 1 saturated heterocycles. The van der Waals surface area contributed by atoms with Crippen LogP contribution in [0.5, 0.6) is 0 Å². The summed E-state index contributed by atoms with van der Waals surface area (Å²) < 4.78 is 0. The first kappa shape index (κ1) is 9.29. The van der Waals surface area contributed by atoms with Gasteiger partial charge in [-0.15, -0.1) is 5.10 Å². The Morgan fingerprint density at radius 2 is 2.07 bits per heavy atom. The molecule has 2 rings (SSSR count). The summed E-state index contributed by atoms with van der Waals surface area (Å²) >= 11 is 0. The molecule has 0 unspecified atom stereocenters. The maximum Gasteiger partial charge on any atom is 0.152 e. The summed E-state index contributed by atoms with van der Waals surface area (Å²) in [5, 5.41) is 22.9. The molecule has 0 radical (unpaired) electrons. The summed E-state index contributed by atoms with van der Waals surface area (Å²) in [5.41, 5.74) is 2.85. The molecule has 0 bridgehead atoms. The van der Waals surface area contributed by atoms with Gasteiger partial charge >= 0.3 is 0 Å². The van der Waals surface area contributed by atoms with Crippen LogP contribution >= 0.6 is 0 Å². The van der Waals surface area contributed by atoms with Crippen molar-refractivity contribution in [1.29, 1.82) is 0 Å². The van der Waals surface area contributed by atoms with Gasteiger partial charge in [0.1, 0.15) is 0 Å². The number of aliphatic hydroxyl groups excluding tert-OH is 2. The normalized spacial score (nSPS) is 26.9. The first-order valence-corrected chi connectivity index (χ1v) is 4.55. The first-order chi connectivity index (χ1) is 6.70. The Balaban J connectivity index is 2.09. The number of aromatic nitrogens is 2. The third-order valence-corrected chi connectivity index (χ3v) is 2.39. The van der Waals surface area contributed by atoms with Gasteiger partial charge in [0.05, 0.1) is 18.4 Å². The quantitative estimate of drug-likeness (QED) is 0.545. The van der Waals surface area contributed by atoms with Crippen LogP contribution in [-0.2, 0) is 0 Å². The molecule has 0 saturated carbocycles. The zero-order chi connectivity index (χ0) is 10.1. The molecule has 14 heavy (non-hydrogen) atoms. The molecule has 1 aromatic rings. The molecule has 0 aliphatic carbocycles. The van der Waals surface area contributed by atoms with Gasteiger partial charge in [0.25, 0.3) is 0 Å². The van der Waals surface area contributed by atoms with Crippen LogP contribution in [0, 0.1) is 0 Å². The molecule has 1 fully saturated rings. The molecular formula is C8H14N4O2. The first-order valence-electron chi connectivity index (χ1n) is 4.55. The van der Waals surface area contributed by atoms with Crippen molar-refractivity contribution in [3.05, 3.63) is 12.3 Å². The number of aliphatic hydroxyl groups is 2. The van der Waals surface area contributed by atoms with Crippen LogP contribution in [0.25, 0.3) is 0 Å². The SMILES string of the molecule is CNn1ccc(N2C[C@@H](O)[C@@H](O)C2)n1. The van der Waals surface area contributed by atoms with Gasteiger partial charge in [0.15, 0.2) is 5.82 Å². The van der Waals surface area contributed by atoms with E-state index in [4.69, 9.17) is 0 Å². The Morgan fingerprint density at radius 3 is 2.57 bits per heavy atom. The Bertz CT molecular complexity index is 304. The lowest BCUT2D eigenvalue weighted by Gasteiger charge is -2.13. The van der Waals surface area contributed by atoms with Crippen LogP contribution in [0.3, 0.4) is 0 Å². The van der Waals surface area contributed by atoms with E-state index in [1.807, 2.05) is 11.0 Å². The number of nitrogens with one attached hydrogen (secondary N) is 1. The second kappa shape index (κ2) is 3.47. The Labute approximate surface area is 81.7 Å². The van der Waals surface area contributed by atoms with Crippen LogP contribution in [0.1, 0.15) is 0 Å². The molecular weight excluding hydrogens is 184 g/mol. The minimum Gasteiger partial charge on any atom is -0.389 e. The molecule has 1 aliphatic rings. The van der Waals surface area contributed by atoms with Crippen molar-refractivity contribution in [2.24, 2.45) is 0 Å². The number of hydrogen-bond donors (Lipinski definition) is 3. The second-order valence-electron chi connectivity index (χ2n) is 3.38. The van der Waals surface area contributed by atoms with Crippen LogP contribution in [-0.4, -0.2) is 52.4 Å². The summed E-state index contributed by atoms with van der Waals surface area (Å²) in [5.74, 6) is 0.759. The maximum atomic E-state index is 9.35. The summed E-state index contributed by atoms with van der Waals surface area (Å²) in [6.45, 7) is 0.865. The minimum atomic E-state index is -0.672. The van der Waals surface area contributed by atoms with Crippen molar-refractivity contribution in [2.75, 3.05) is 30.5 Å². The Hall–Kier alpha value is -1.27. The zero-order valence-electron chi connectivity index (χ0n) is 7.96. The summed E-state index contributed by atoms with van der Waals surface area (Å²) in [7, 11) is 1.77. The van der Waals surface area contributed by atoms with Crippen molar-refractivity contribution in [3.8, 4) is 0 Å². The monoisotopic (exact) mass is 198 g/mol. The largest absolute Gasteiger partial charge is 0.389 e. The smallest absolute Gasteiger partial charge is 0.152 e. The molecule has 3 N–H and O–H groups in total. The van der Waals surface area contributed by atoms with E-state index in [-0.39, 0.29) is 0 Å². The van der Waals surface area contributed by atoms with E-state index in [0.29, 0.717) is 13.1 Å². The van der Waals surface area contributed by atoms with E-state index in [1.54, 1.807) is 18.0 Å². The number of hydrogen-bond acceptors (Lipinski definition) is 5. The standard InChI is InChI=1S/C8H14N4O2/c1-9-12-3-2-8(10-12)11-4-6(13)7(14)5-11/h2-3,6-7,9,13-14H,4-5H2,1H3/t6-,7+. The molecule has 0 aromatic carbocycles. The van der Waals surface area contributed by atoms with Crippen molar-refractivity contribution < 1.29 is 10.2 Å². The fraction of sp³-hybridized carbons (Fsp3) is 0.625. The lowest BCUT2D eigenvalue weighted by Crippen LogP contribution is -2.22. The predicted octanol–water partition coefficient (Wildman–Crippen LogP) is -1.40. The molecule has 6 nitrogen and oxygen atoms in total.